The fourth-order valence-corrected chi connectivity index (χ4v) is 2.95. The summed E-state index contributed by atoms with van der Waals surface area (Å²) in [7, 11) is 3.23. The van der Waals surface area contributed by atoms with Crippen LogP contribution in [0.3, 0.4) is 0 Å². The molecule has 0 aliphatic carbocycles. The molecule has 0 aromatic heterocycles. The van der Waals surface area contributed by atoms with E-state index in [4.69, 9.17) is 24.4 Å². The van der Waals surface area contributed by atoms with Crippen LogP contribution in [0.15, 0.2) is 60.7 Å². The molecule has 0 saturated heterocycles. The van der Waals surface area contributed by atoms with E-state index in [0.29, 0.717) is 21.7 Å². The standard InChI is InChI=1S/C18H18N4O2S3/c1-21(15(25)13-9-5-3-6-10-13)19-17(23)27-18(24)20-22(2)16(26)14-11-7-4-8-12-14/h3-12H,1-2H3,(H,19,23)(H,20,24). The predicted molar refractivity (Wildman–Crippen MR) is 116 cm³/mol. The number of hydrogen-bond donors (Lipinski definition) is 2. The number of thiocarbonyl (C=S) groups is 2. The van der Waals surface area contributed by atoms with Crippen molar-refractivity contribution in [3.05, 3.63) is 71.8 Å². The van der Waals surface area contributed by atoms with Crippen LogP contribution in [0.5, 0.6) is 0 Å². The molecule has 2 aromatic carbocycles. The molecule has 27 heavy (non-hydrogen) atoms. The average molecular weight is 419 g/mol. The number of nitrogens with one attached hydrogen (secondary N) is 2. The Morgan fingerprint density at radius 2 is 1.07 bits per heavy atom. The fraction of sp³-hybridized carbons (Fsp3) is 0.111. The molecule has 2 amide bonds. The fourth-order valence-electron chi connectivity index (χ4n) is 2.05. The maximum Gasteiger partial charge on any atom is 0.307 e. The topological polar surface area (TPSA) is 64.7 Å². The Morgan fingerprint density at radius 1 is 0.741 bits per heavy atom. The lowest BCUT2D eigenvalue weighted by Crippen LogP contribution is -2.44. The Morgan fingerprint density at radius 3 is 1.41 bits per heavy atom. The number of benzene rings is 2. The highest BCUT2D eigenvalue weighted by atomic mass is 32.2. The first kappa shape index (κ1) is 20.8. The Hall–Kier alpha value is -2.49. The van der Waals surface area contributed by atoms with Crippen molar-refractivity contribution in [3.63, 3.8) is 0 Å². The van der Waals surface area contributed by atoms with E-state index in [1.54, 1.807) is 14.1 Å². The second-order valence-corrected chi connectivity index (χ2v) is 7.08. The van der Waals surface area contributed by atoms with Crippen LogP contribution in [-0.4, -0.2) is 44.6 Å². The van der Waals surface area contributed by atoms with Crippen molar-refractivity contribution in [2.75, 3.05) is 14.1 Å². The monoisotopic (exact) mass is 418 g/mol. The molecule has 0 heterocycles. The minimum absolute atomic E-state index is 0.437. The van der Waals surface area contributed by atoms with Gasteiger partial charge in [0.05, 0.1) is 0 Å². The summed E-state index contributed by atoms with van der Waals surface area (Å²) < 4.78 is 0. The molecule has 0 bridgehead atoms. The third-order valence-corrected chi connectivity index (χ3v) is 4.93. The van der Waals surface area contributed by atoms with Gasteiger partial charge in [0.1, 0.15) is 9.98 Å². The molecule has 2 aromatic rings. The summed E-state index contributed by atoms with van der Waals surface area (Å²) >= 11 is 11.1. The minimum Gasteiger partial charge on any atom is -0.277 e. The summed E-state index contributed by atoms with van der Waals surface area (Å²) in [6.45, 7) is 0. The molecule has 2 N–H and O–H groups in total. The van der Waals surface area contributed by atoms with E-state index in [1.807, 2.05) is 60.7 Å². The molecule has 0 unspecified atom stereocenters. The van der Waals surface area contributed by atoms with Crippen molar-refractivity contribution >= 4 is 56.7 Å². The Balaban J connectivity index is 1.83. The van der Waals surface area contributed by atoms with Gasteiger partial charge in [0, 0.05) is 37.0 Å². The molecule has 2 rings (SSSR count). The van der Waals surface area contributed by atoms with Crippen molar-refractivity contribution in [2.45, 2.75) is 0 Å². The molecular formula is C18H18N4O2S3. The van der Waals surface area contributed by atoms with Crippen LogP contribution in [0.4, 0.5) is 9.59 Å². The van der Waals surface area contributed by atoms with E-state index in [-0.39, 0.29) is 0 Å². The molecule has 0 aliphatic heterocycles. The predicted octanol–water partition coefficient (Wildman–Crippen LogP) is 3.58. The third-order valence-electron chi connectivity index (χ3n) is 3.35. The molecule has 0 fully saturated rings. The highest BCUT2D eigenvalue weighted by Crippen LogP contribution is 2.08. The van der Waals surface area contributed by atoms with Gasteiger partial charge in [-0.05, 0) is 0 Å². The Bertz CT molecular complexity index is 762. The third kappa shape index (κ3) is 6.31. The molecule has 140 valence electrons. The van der Waals surface area contributed by atoms with Crippen molar-refractivity contribution in [1.29, 1.82) is 0 Å². The van der Waals surface area contributed by atoms with E-state index in [2.05, 4.69) is 10.9 Å². The molecular weight excluding hydrogens is 400 g/mol. The highest BCUT2D eigenvalue weighted by Gasteiger charge is 2.17. The maximum atomic E-state index is 12.1. The minimum atomic E-state index is -0.563. The largest absolute Gasteiger partial charge is 0.307 e. The highest BCUT2D eigenvalue weighted by molar-refractivity contribution is 8.26. The lowest BCUT2D eigenvalue weighted by molar-refractivity contribution is 0.242. The number of nitrogens with zero attached hydrogens (tertiary/aromatic N) is 2. The van der Waals surface area contributed by atoms with Gasteiger partial charge in [-0.25, -0.2) is 0 Å². The molecule has 0 aliphatic rings. The SMILES string of the molecule is CN(NC(=O)SC(=O)NN(C)C(=S)c1ccccc1)C(=S)c1ccccc1. The second kappa shape index (κ2) is 10.0. The first-order chi connectivity index (χ1) is 12.9. The summed E-state index contributed by atoms with van der Waals surface area (Å²) in [4.78, 5) is 25.0. The van der Waals surface area contributed by atoms with E-state index in [0.717, 1.165) is 11.1 Å². The molecule has 6 nitrogen and oxygen atoms in total. The normalized spacial score (nSPS) is 9.85. The first-order valence-electron chi connectivity index (χ1n) is 7.83. The van der Waals surface area contributed by atoms with Crippen LogP contribution < -0.4 is 10.9 Å². The number of amides is 2. The van der Waals surface area contributed by atoms with E-state index < -0.39 is 10.5 Å². The quantitative estimate of drug-likeness (QED) is 0.571. The van der Waals surface area contributed by atoms with Gasteiger partial charge in [0.15, 0.2) is 0 Å². The lowest BCUT2D eigenvalue weighted by Gasteiger charge is -2.22. The first-order valence-corrected chi connectivity index (χ1v) is 9.47. The van der Waals surface area contributed by atoms with Crippen LogP contribution in [0.25, 0.3) is 0 Å². The lowest BCUT2D eigenvalue weighted by atomic mass is 10.2. The maximum absolute atomic E-state index is 12.1. The molecule has 9 heteroatoms. The number of carbonyl (C=O) groups is 2. The summed E-state index contributed by atoms with van der Waals surface area (Å²) in [5, 5.41) is 1.66. The number of hydrazine groups is 2. The van der Waals surface area contributed by atoms with Gasteiger partial charge in [-0.1, -0.05) is 85.1 Å². The van der Waals surface area contributed by atoms with Gasteiger partial charge in [0.2, 0.25) is 0 Å². The van der Waals surface area contributed by atoms with Crippen LogP contribution in [0, 0.1) is 0 Å². The number of hydrogen-bond acceptors (Lipinski definition) is 5. The van der Waals surface area contributed by atoms with E-state index >= 15 is 0 Å². The van der Waals surface area contributed by atoms with Gasteiger partial charge in [-0.15, -0.1) is 0 Å². The van der Waals surface area contributed by atoms with Crippen molar-refractivity contribution < 1.29 is 9.59 Å². The summed E-state index contributed by atoms with van der Waals surface area (Å²) in [5.41, 5.74) is 6.67. The van der Waals surface area contributed by atoms with Gasteiger partial charge < -0.3 is 0 Å². The van der Waals surface area contributed by atoms with Gasteiger partial charge in [-0.2, -0.15) is 0 Å². The summed E-state index contributed by atoms with van der Waals surface area (Å²) in [5.74, 6) is 0. The van der Waals surface area contributed by atoms with E-state index in [9.17, 15) is 9.59 Å². The Labute approximate surface area is 172 Å². The van der Waals surface area contributed by atoms with Crippen molar-refractivity contribution in [1.82, 2.24) is 20.9 Å². The van der Waals surface area contributed by atoms with E-state index in [1.165, 1.54) is 10.0 Å². The van der Waals surface area contributed by atoms with Crippen LogP contribution in [0.1, 0.15) is 11.1 Å². The number of thioether (sulfide) groups is 1. The van der Waals surface area contributed by atoms with Crippen molar-refractivity contribution in [2.24, 2.45) is 0 Å². The average Bonchev–Trinajstić information content (AvgIpc) is 2.67. The Kier molecular flexibility index (Phi) is 7.71. The van der Waals surface area contributed by atoms with Crippen molar-refractivity contribution in [3.8, 4) is 0 Å². The van der Waals surface area contributed by atoms with Gasteiger partial charge in [-0.3, -0.25) is 30.5 Å². The molecule has 0 saturated carbocycles. The summed E-state index contributed by atoms with van der Waals surface area (Å²) in [6, 6.07) is 18.5. The zero-order valence-corrected chi connectivity index (χ0v) is 17.2. The van der Waals surface area contributed by atoms with Crippen LogP contribution in [0.2, 0.25) is 0 Å². The van der Waals surface area contributed by atoms with Crippen LogP contribution >= 0.6 is 36.2 Å². The zero-order chi connectivity index (χ0) is 19.8. The smallest absolute Gasteiger partial charge is 0.277 e. The zero-order valence-electron chi connectivity index (χ0n) is 14.7. The van der Waals surface area contributed by atoms with Crippen LogP contribution in [-0.2, 0) is 0 Å². The molecule has 0 radical (unpaired) electrons. The molecule has 0 atom stereocenters. The second-order valence-electron chi connectivity index (χ2n) is 5.36. The van der Waals surface area contributed by atoms with Gasteiger partial charge >= 0.3 is 10.5 Å². The summed E-state index contributed by atoms with van der Waals surface area (Å²) in [6.07, 6.45) is 0. The van der Waals surface area contributed by atoms with Gasteiger partial charge in [0.25, 0.3) is 0 Å². The number of carbonyl (C=O) groups excluding carboxylic acids is 2. The number of rotatable bonds is 2. The molecule has 0 spiro atoms.